The minimum atomic E-state index is -0.255. The number of hydrogen-bond acceptors (Lipinski definition) is 3. The molecule has 0 aromatic heterocycles. The molecule has 3 N–H and O–H groups in total. The van der Waals surface area contributed by atoms with Gasteiger partial charge in [0.2, 0.25) is 5.91 Å². The molecule has 0 aliphatic rings. The van der Waals surface area contributed by atoms with Crippen molar-refractivity contribution in [2.75, 3.05) is 20.1 Å². The fourth-order valence-corrected chi connectivity index (χ4v) is 1.46. The average Bonchev–Trinajstić information content (AvgIpc) is 2.21. The van der Waals surface area contributed by atoms with E-state index in [9.17, 15) is 4.79 Å². The summed E-state index contributed by atoms with van der Waals surface area (Å²) in [7, 11) is 2.08. The Labute approximate surface area is 93.2 Å². The van der Waals surface area contributed by atoms with Crippen LogP contribution in [0.15, 0.2) is 0 Å². The van der Waals surface area contributed by atoms with E-state index in [0.29, 0.717) is 6.04 Å². The molecular weight excluding hydrogens is 190 g/mol. The van der Waals surface area contributed by atoms with Crippen LogP contribution in [0.4, 0.5) is 0 Å². The van der Waals surface area contributed by atoms with Gasteiger partial charge in [-0.15, -0.1) is 0 Å². The van der Waals surface area contributed by atoms with Crippen LogP contribution in [0.25, 0.3) is 0 Å². The van der Waals surface area contributed by atoms with E-state index in [-0.39, 0.29) is 11.9 Å². The van der Waals surface area contributed by atoms with Crippen molar-refractivity contribution in [2.24, 2.45) is 5.73 Å². The van der Waals surface area contributed by atoms with Crippen LogP contribution in [0.3, 0.4) is 0 Å². The number of rotatable bonds is 8. The maximum absolute atomic E-state index is 11.1. The SMILES string of the molecule is CCNC(CCN(C)C(C)CC)C(N)=O. The summed E-state index contributed by atoms with van der Waals surface area (Å²) in [6.07, 6.45) is 1.91. The third kappa shape index (κ3) is 5.74. The molecule has 0 rings (SSSR count). The molecule has 4 heteroatoms. The molecule has 0 bridgehead atoms. The largest absolute Gasteiger partial charge is 0.368 e. The standard InChI is InChI=1S/C11H25N3O/c1-5-9(3)14(4)8-7-10(11(12)15)13-6-2/h9-10,13H,5-8H2,1-4H3,(H2,12,15). The summed E-state index contributed by atoms with van der Waals surface area (Å²) in [5, 5.41) is 3.09. The Bertz CT molecular complexity index is 185. The molecule has 0 saturated carbocycles. The van der Waals surface area contributed by atoms with Gasteiger partial charge >= 0.3 is 0 Å². The predicted molar refractivity (Wildman–Crippen MR) is 63.7 cm³/mol. The van der Waals surface area contributed by atoms with Gasteiger partial charge in [-0.25, -0.2) is 0 Å². The Balaban J connectivity index is 3.93. The number of hydrogen-bond donors (Lipinski definition) is 2. The van der Waals surface area contributed by atoms with Crippen molar-refractivity contribution in [3.8, 4) is 0 Å². The first kappa shape index (κ1) is 14.4. The lowest BCUT2D eigenvalue weighted by molar-refractivity contribution is -0.120. The molecular formula is C11H25N3O. The third-order valence-corrected chi connectivity index (χ3v) is 2.91. The number of nitrogens with two attached hydrogens (primary N) is 1. The first-order valence-electron chi connectivity index (χ1n) is 5.75. The lowest BCUT2D eigenvalue weighted by atomic mass is 10.1. The van der Waals surface area contributed by atoms with Gasteiger partial charge in [0.15, 0.2) is 0 Å². The molecule has 0 aromatic carbocycles. The molecule has 15 heavy (non-hydrogen) atoms. The summed E-state index contributed by atoms with van der Waals surface area (Å²) in [6, 6.07) is 0.363. The van der Waals surface area contributed by atoms with Gasteiger partial charge in [-0.3, -0.25) is 4.79 Å². The monoisotopic (exact) mass is 215 g/mol. The average molecular weight is 215 g/mol. The molecule has 0 heterocycles. The van der Waals surface area contributed by atoms with Gasteiger partial charge in [-0.1, -0.05) is 13.8 Å². The highest BCUT2D eigenvalue weighted by molar-refractivity contribution is 5.79. The summed E-state index contributed by atoms with van der Waals surface area (Å²) in [6.45, 7) is 8.01. The number of carbonyl (C=O) groups is 1. The number of nitrogens with zero attached hydrogens (tertiary/aromatic N) is 1. The first-order valence-corrected chi connectivity index (χ1v) is 5.75. The van der Waals surface area contributed by atoms with Crippen LogP contribution in [0.1, 0.15) is 33.6 Å². The fraction of sp³-hybridized carbons (Fsp3) is 0.909. The summed E-state index contributed by atoms with van der Waals surface area (Å²) in [5.41, 5.74) is 5.30. The van der Waals surface area contributed by atoms with E-state index < -0.39 is 0 Å². The summed E-state index contributed by atoms with van der Waals surface area (Å²) < 4.78 is 0. The van der Waals surface area contributed by atoms with Crippen LogP contribution < -0.4 is 11.1 Å². The molecule has 90 valence electrons. The third-order valence-electron chi connectivity index (χ3n) is 2.91. The predicted octanol–water partition coefficient (Wildman–Crippen LogP) is 0.570. The van der Waals surface area contributed by atoms with Gasteiger partial charge < -0.3 is 16.0 Å². The minimum Gasteiger partial charge on any atom is -0.368 e. The Morgan fingerprint density at radius 3 is 2.47 bits per heavy atom. The highest BCUT2D eigenvalue weighted by atomic mass is 16.1. The molecule has 0 aromatic rings. The lowest BCUT2D eigenvalue weighted by Gasteiger charge is -2.25. The van der Waals surface area contributed by atoms with Crippen molar-refractivity contribution in [1.82, 2.24) is 10.2 Å². The van der Waals surface area contributed by atoms with E-state index in [1.165, 1.54) is 0 Å². The number of nitrogens with one attached hydrogen (secondary N) is 1. The van der Waals surface area contributed by atoms with Gasteiger partial charge in [-0.2, -0.15) is 0 Å². The highest BCUT2D eigenvalue weighted by Crippen LogP contribution is 2.02. The summed E-state index contributed by atoms with van der Waals surface area (Å²) >= 11 is 0. The normalized spacial score (nSPS) is 15.3. The zero-order valence-electron chi connectivity index (χ0n) is 10.4. The Morgan fingerprint density at radius 1 is 1.47 bits per heavy atom. The zero-order chi connectivity index (χ0) is 11.8. The van der Waals surface area contributed by atoms with Crippen LogP contribution >= 0.6 is 0 Å². The van der Waals surface area contributed by atoms with Crippen LogP contribution in [0.5, 0.6) is 0 Å². The van der Waals surface area contributed by atoms with Crippen molar-refractivity contribution in [3.05, 3.63) is 0 Å². The van der Waals surface area contributed by atoms with Gasteiger partial charge in [0.05, 0.1) is 6.04 Å². The van der Waals surface area contributed by atoms with E-state index >= 15 is 0 Å². The molecule has 1 amide bonds. The van der Waals surface area contributed by atoms with Gasteiger partial charge in [0, 0.05) is 12.6 Å². The molecule has 0 saturated heterocycles. The van der Waals surface area contributed by atoms with E-state index in [0.717, 1.165) is 25.9 Å². The zero-order valence-corrected chi connectivity index (χ0v) is 10.4. The van der Waals surface area contributed by atoms with E-state index in [4.69, 9.17) is 5.73 Å². The Hall–Kier alpha value is -0.610. The molecule has 0 aliphatic heterocycles. The number of amides is 1. The number of carbonyl (C=O) groups excluding carboxylic acids is 1. The van der Waals surface area contributed by atoms with Crippen molar-refractivity contribution in [1.29, 1.82) is 0 Å². The fourth-order valence-electron chi connectivity index (χ4n) is 1.46. The quantitative estimate of drug-likeness (QED) is 0.622. The van der Waals surface area contributed by atoms with Gasteiger partial charge in [0.25, 0.3) is 0 Å². The van der Waals surface area contributed by atoms with E-state index in [2.05, 4.69) is 31.1 Å². The van der Waals surface area contributed by atoms with Crippen LogP contribution in [-0.4, -0.2) is 43.0 Å². The minimum absolute atomic E-state index is 0.193. The van der Waals surface area contributed by atoms with Crippen molar-refractivity contribution in [2.45, 2.75) is 45.7 Å². The van der Waals surface area contributed by atoms with Gasteiger partial charge in [0.1, 0.15) is 0 Å². The molecule has 0 fully saturated rings. The van der Waals surface area contributed by atoms with Crippen LogP contribution in [0.2, 0.25) is 0 Å². The Kier molecular flexibility index (Phi) is 7.34. The first-order chi connectivity index (χ1) is 7.02. The van der Waals surface area contributed by atoms with Crippen molar-refractivity contribution in [3.63, 3.8) is 0 Å². The molecule has 0 spiro atoms. The van der Waals surface area contributed by atoms with Crippen molar-refractivity contribution >= 4 is 5.91 Å². The van der Waals surface area contributed by atoms with Gasteiger partial charge in [-0.05, 0) is 33.4 Å². The summed E-state index contributed by atoms with van der Waals surface area (Å²) in [5.74, 6) is -0.255. The van der Waals surface area contributed by atoms with Crippen molar-refractivity contribution < 1.29 is 4.79 Å². The summed E-state index contributed by atoms with van der Waals surface area (Å²) in [4.78, 5) is 13.3. The van der Waals surface area contributed by atoms with E-state index in [1.807, 2.05) is 6.92 Å². The number of primary amides is 1. The molecule has 4 nitrogen and oxygen atoms in total. The molecule has 0 radical (unpaired) electrons. The topological polar surface area (TPSA) is 58.4 Å². The molecule has 2 unspecified atom stereocenters. The smallest absolute Gasteiger partial charge is 0.234 e. The maximum Gasteiger partial charge on any atom is 0.234 e. The van der Waals surface area contributed by atoms with Crippen LogP contribution in [0, 0.1) is 0 Å². The lowest BCUT2D eigenvalue weighted by Crippen LogP contribution is -2.44. The number of likely N-dealkylation sites (N-methyl/N-ethyl adjacent to an activating group) is 1. The molecule has 2 atom stereocenters. The van der Waals surface area contributed by atoms with Crippen LogP contribution in [-0.2, 0) is 4.79 Å². The Morgan fingerprint density at radius 2 is 2.07 bits per heavy atom. The second-order valence-electron chi connectivity index (χ2n) is 4.04. The molecule has 0 aliphatic carbocycles. The second-order valence-corrected chi connectivity index (χ2v) is 4.04. The maximum atomic E-state index is 11.1. The van der Waals surface area contributed by atoms with E-state index in [1.54, 1.807) is 0 Å². The second kappa shape index (κ2) is 7.65. The highest BCUT2D eigenvalue weighted by Gasteiger charge is 2.15.